The van der Waals surface area contributed by atoms with E-state index in [1.807, 2.05) is 0 Å². The Morgan fingerprint density at radius 1 is 1.36 bits per heavy atom. The van der Waals surface area contributed by atoms with Gasteiger partial charge in [-0.3, -0.25) is 4.79 Å². The first kappa shape index (κ1) is 11.2. The molecule has 6 heteroatoms. The Balaban J connectivity index is 3.40. The summed E-state index contributed by atoms with van der Waals surface area (Å²) in [6, 6.07) is 0.491. The summed E-state index contributed by atoms with van der Waals surface area (Å²) in [5, 5.41) is 0. The highest BCUT2D eigenvalue weighted by molar-refractivity contribution is 9.10. The second kappa shape index (κ2) is 4.10. The molecule has 0 amide bonds. The topological polar surface area (TPSA) is 43.1 Å². The van der Waals surface area contributed by atoms with Crippen LogP contribution in [0.15, 0.2) is 10.5 Å². The van der Waals surface area contributed by atoms with Crippen LogP contribution >= 0.6 is 15.9 Å². The van der Waals surface area contributed by atoms with Crippen LogP contribution in [0.2, 0.25) is 0 Å². The maximum Gasteiger partial charge on any atom is 0.179 e. The normalized spacial score (nSPS) is 10.4. The van der Waals surface area contributed by atoms with Gasteiger partial charge in [0.1, 0.15) is 0 Å². The third kappa shape index (κ3) is 1.80. The van der Waals surface area contributed by atoms with Gasteiger partial charge in [0.2, 0.25) is 0 Å². The highest BCUT2D eigenvalue weighted by Crippen LogP contribution is 2.25. The van der Waals surface area contributed by atoms with Crippen molar-refractivity contribution in [2.45, 2.75) is 0 Å². The summed E-state index contributed by atoms with van der Waals surface area (Å²) in [5.41, 5.74) is 4.41. The number of halogens is 4. The highest BCUT2D eigenvalue weighted by Gasteiger charge is 2.20. The van der Waals surface area contributed by atoms with Crippen LogP contribution < -0.4 is 5.73 Å². The molecule has 0 saturated carbocycles. The van der Waals surface area contributed by atoms with Gasteiger partial charge in [-0.05, 0) is 22.0 Å². The van der Waals surface area contributed by atoms with E-state index in [1.54, 1.807) is 0 Å². The van der Waals surface area contributed by atoms with E-state index < -0.39 is 39.8 Å². The summed E-state index contributed by atoms with van der Waals surface area (Å²) in [6.45, 7) is -0.464. The van der Waals surface area contributed by atoms with Crippen molar-refractivity contribution in [2.24, 2.45) is 5.73 Å². The van der Waals surface area contributed by atoms with E-state index in [-0.39, 0.29) is 0 Å². The third-order valence-corrected chi connectivity index (χ3v) is 2.28. The van der Waals surface area contributed by atoms with Gasteiger partial charge in [-0.25, -0.2) is 13.2 Å². The first-order chi connectivity index (χ1) is 6.49. The number of carbonyl (C=O) groups excluding carboxylic acids is 1. The van der Waals surface area contributed by atoms with Gasteiger partial charge in [-0.1, -0.05) is 0 Å². The molecule has 0 saturated heterocycles. The number of nitrogens with two attached hydrogens (primary N) is 1. The monoisotopic (exact) mass is 267 g/mol. The molecule has 0 atom stereocenters. The van der Waals surface area contributed by atoms with Crippen LogP contribution in [-0.4, -0.2) is 12.3 Å². The fraction of sp³-hybridized carbons (Fsp3) is 0.125. The van der Waals surface area contributed by atoms with E-state index in [0.717, 1.165) is 0 Å². The fourth-order valence-corrected chi connectivity index (χ4v) is 1.29. The van der Waals surface area contributed by atoms with E-state index in [0.29, 0.717) is 6.07 Å². The predicted octanol–water partition coefficient (Wildman–Crippen LogP) is 2.01. The van der Waals surface area contributed by atoms with Crippen molar-refractivity contribution in [3.8, 4) is 0 Å². The number of hydrogen-bond acceptors (Lipinski definition) is 2. The molecular formula is C8H5BrF3NO. The smallest absolute Gasteiger partial charge is 0.179 e. The summed E-state index contributed by atoms with van der Waals surface area (Å²) in [4.78, 5) is 11.0. The Labute approximate surface area is 86.0 Å². The summed E-state index contributed by atoms with van der Waals surface area (Å²) in [7, 11) is 0. The molecule has 0 aliphatic carbocycles. The average Bonchev–Trinajstić information content (AvgIpc) is 2.19. The average molecular weight is 268 g/mol. The molecule has 0 aromatic heterocycles. The van der Waals surface area contributed by atoms with Gasteiger partial charge < -0.3 is 5.73 Å². The Kier molecular flexibility index (Phi) is 3.28. The van der Waals surface area contributed by atoms with E-state index in [1.165, 1.54) is 0 Å². The molecule has 76 valence electrons. The van der Waals surface area contributed by atoms with Crippen molar-refractivity contribution in [3.63, 3.8) is 0 Å². The second-order valence-corrected chi connectivity index (χ2v) is 3.27. The van der Waals surface area contributed by atoms with Crippen LogP contribution in [-0.2, 0) is 0 Å². The minimum absolute atomic E-state index is 0.464. The molecule has 1 rings (SSSR count). The SMILES string of the molecule is NCC(=O)c1cc(F)c(F)c(Br)c1F. The molecule has 0 unspecified atom stereocenters. The molecule has 0 aliphatic rings. The molecular weight excluding hydrogens is 263 g/mol. The lowest BCUT2D eigenvalue weighted by Gasteiger charge is -2.04. The van der Waals surface area contributed by atoms with Crippen molar-refractivity contribution < 1.29 is 18.0 Å². The fourth-order valence-electron chi connectivity index (χ4n) is 0.886. The number of benzene rings is 1. The maximum atomic E-state index is 13.1. The molecule has 0 radical (unpaired) electrons. The largest absolute Gasteiger partial charge is 0.324 e. The van der Waals surface area contributed by atoms with Crippen LogP contribution in [0.1, 0.15) is 10.4 Å². The lowest BCUT2D eigenvalue weighted by Crippen LogP contribution is -2.16. The lowest BCUT2D eigenvalue weighted by atomic mass is 10.1. The van der Waals surface area contributed by atoms with Crippen LogP contribution in [0.3, 0.4) is 0 Å². The zero-order valence-electron chi connectivity index (χ0n) is 6.78. The Bertz CT molecular complexity index is 395. The van der Waals surface area contributed by atoms with Gasteiger partial charge in [0.25, 0.3) is 0 Å². The minimum Gasteiger partial charge on any atom is -0.324 e. The molecule has 14 heavy (non-hydrogen) atoms. The Morgan fingerprint density at radius 3 is 2.43 bits per heavy atom. The Hall–Kier alpha value is -0.880. The first-order valence-electron chi connectivity index (χ1n) is 3.55. The quantitative estimate of drug-likeness (QED) is 0.506. The summed E-state index contributed by atoms with van der Waals surface area (Å²) in [6.07, 6.45) is 0. The number of rotatable bonds is 2. The van der Waals surface area contributed by atoms with E-state index in [9.17, 15) is 18.0 Å². The number of Topliss-reactive ketones (excluding diaryl/α,β-unsaturated/α-hetero) is 1. The maximum absolute atomic E-state index is 13.1. The molecule has 0 aliphatic heterocycles. The van der Waals surface area contributed by atoms with E-state index >= 15 is 0 Å². The molecule has 0 heterocycles. The molecule has 0 bridgehead atoms. The molecule has 1 aromatic carbocycles. The second-order valence-electron chi connectivity index (χ2n) is 2.48. The van der Waals surface area contributed by atoms with Gasteiger partial charge in [-0.2, -0.15) is 0 Å². The van der Waals surface area contributed by atoms with E-state index in [4.69, 9.17) is 5.73 Å². The standard InChI is InChI=1S/C8H5BrF3NO/c9-6-7(11)3(5(14)2-13)1-4(10)8(6)12/h1H,2,13H2. The van der Waals surface area contributed by atoms with E-state index in [2.05, 4.69) is 15.9 Å². The summed E-state index contributed by atoms with van der Waals surface area (Å²) < 4.78 is 37.9. The number of hydrogen-bond donors (Lipinski definition) is 1. The zero-order valence-corrected chi connectivity index (χ0v) is 8.37. The number of ketones is 1. The Morgan fingerprint density at radius 2 is 1.93 bits per heavy atom. The third-order valence-electron chi connectivity index (χ3n) is 1.59. The predicted molar refractivity (Wildman–Crippen MR) is 47.4 cm³/mol. The minimum atomic E-state index is -1.36. The van der Waals surface area contributed by atoms with Crippen LogP contribution in [0, 0.1) is 17.5 Å². The molecule has 0 spiro atoms. The highest BCUT2D eigenvalue weighted by atomic mass is 79.9. The van der Waals surface area contributed by atoms with Crippen molar-refractivity contribution in [1.29, 1.82) is 0 Å². The molecule has 2 N–H and O–H groups in total. The van der Waals surface area contributed by atoms with Gasteiger partial charge in [-0.15, -0.1) is 0 Å². The van der Waals surface area contributed by atoms with Gasteiger partial charge in [0, 0.05) is 0 Å². The van der Waals surface area contributed by atoms with Crippen LogP contribution in [0.25, 0.3) is 0 Å². The molecule has 1 aromatic rings. The molecule has 2 nitrogen and oxygen atoms in total. The first-order valence-corrected chi connectivity index (χ1v) is 4.34. The van der Waals surface area contributed by atoms with Crippen molar-refractivity contribution in [2.75, 3.05) is 6.54 Å². The van der Waals surface area contributed by atoms with Crippen LogP contribution in [0.5, 0.6) is 0 Å². The van der Waals surface area contributed by atoms with Crippen LogP contribution in [0.4, 0.5) is 13.2 Å². The van der Waals surface area contributed by atoms with Gasteiger partial charge in [0.15, 0.2) is 23.2 Å². The number of carbonyl (C=O) groups is 1. The van der Waals surface area contributed by atoms with Gasteiger partial charge >= 0.3 is 0 Å². The summed E-state index contributed by atoms with van der Waals surface area (Å²) >= 11 is 2.50. The van der Waals surface area contributed by atoms with Crippen molar-refractivity contribution >= 4 is 21.7 Å². The zero-order chi connectivity index (χ0) is 10.9. The molecule has 0 fully saturated rings. The van der Waals surface area contributed by atoms with Crippen molar-refractivity contribution in [3.05, 3.63) is 33.6 Å². The summed E-state index contributed by atoms with van der Waals surface area (Å²) in [5.74, 6) is -4.59. The van der Waals surface area contributed by atoms with Crippen molar-refractivity contribution in [1.82, 2.24) is 0 Å². The lowest BCUT2D eigenvalue weighted by molar-refractivity contribution is 0.0996. The van der Waals surface area contributed by atoms with Gasteiger partial charge in [0.05, 0.1) is 16.6 Å².